The van der Waals surface area contributed by atoms with Gasteiger partial charge in [0.1, 0.15) is 9.81 Å². The van der Waals surface area contributed by atoms with Crippen LogP contribution < -0.4 is 0 Å². The summed E-state index contributed by atoms with van der Waals surface area (Å²) in [5.41, 5.74) is -0.810. The summed E-state index contributed by atoms with van der Waals surface area (Å²) >= 11 is 6.47. The third kappa shape index (κ3) is 3.58. The molecule has 8 heteroatoms. The van der Waals surface area contributed by atoms with Crippen LogP contribution in [0.15, 0.2) is 21.7 Å². The lowest BCUT2D eigenvalue weighted by molar-refractivity contribution is 0.0479. The summed E-state index contributed by atoms with van der Waals surface area (Å²) in [6, 6.07) is 2.91. The zero-order valence-electron chi connectivity index (χ0n) is 9.51. The van der Waals surface area contributed by atoms with Crippen molar-refractivity contribution in [2.45, 2.75) is 30.6 Å². The van der Waals surface area contributed by atoms with E-state index in [1.807, 2.05) is 0 Å². The predicted octanol–water partition coefficient (Wildman–Crippen LogP) is 2.83. The van der Waals surface area contributed by atoms with E-state index in [9.17, 15) is 13.2 Å². The maximum Gasteiger partial charge on any atom is 0.439 e. The molecule has 5 nitrogen and oxygen atoms in total. The largest absolute Gasteiger partial charge is 0.442 e. The highest BCUT2D eigenvalue weighted by atomic mass is 35.5. The fraction of sp³-hybridized carbons (Fsp3) is 0.444. The van der Waals surface area contributed by atoms with Crippen LogP contribution in [0.1, 0.15) is 20.8 Å². The summed E-state index contributed by atoms with van der Waals surface area (Å²) in [7, 11) is -4.02. The number of halogens is 1. The van der Waals surface area contributed by atoms with Crippen LogP contribution in [-0.2, 0) is 14.8 Å². The van der Waals surface area contributed by atoms with E-state index < -0.39 is 21.7 Å². The van der Waals surface area contributed by atoms with Crippen molar-refractivity contribution in [3.8, 4) is 0 Å². The molecule has 0 aliphatic rings. The number of thiophene rings is 1. The SMILES string of the molecule is CC(C)(C)OC(=O)N(Cl)S(=O)(=O)c1cccs1. The molecule has 0 spiro atoms. The minimum atomic E-state index is -4.02. The van der Waals surface area contributed by atoms with Crippen molar-refractivity contribution < 1.29 is 17.9 Å². The molecule has 0 atom stereocenters. The van der Waals surface area contributed by atoms with Gasteiger partial charge in [-0.2, -0.15) is 8.42 Å². The second kappa shape index (κ2) is 4.83. The Balaban J connectivity index is 2.91. The number of hydrogen-bond donors (Lipinski definition) is 0. The average molecular weight is 298 g/mol. The maximum absolute atomic E-state index is 11.8. The van der Waals surface area contributed by atoms with Gasteiger partial charge in [-0.15, -0.1) is 15.2 Å². The minimum absolute atomic E-state index is 0.0154. The van der Waals surface area contributed by atoms with Crippen LogP contribution in [0.3, 0.4) is 0 Å². The lowest BCUT2D eigenvalue weighted by atomic mass is 10.2. The number of carbonyl (C=O) groups excluding carboxylic acids is 1. The Morgan fingerprint density at radius 1 is 1.47 bits per heavy atom. The number of ether oxygens (including phenoxy) is 1. The molecular weight excluding hydrogens is 286 g/mol. The molecule has 0 radical (unpaired) electrons. The van der Waals surface area contributed by atoms with Crippen molar-refractivity contribution in [2.75, 3.05) is 0 Å². The van der Waals surface area contributed by atoms with Crippen molar-refractivity contribution in [3.63, 3.8) is 0 Å². The third-order valence-electron chi connectivity index (χ3n) is 1.50. The zero-order chi connectivity index (χ0) is 13.3. The molecule has 0 unspecified atom stereocenters. The molecule has 0 bridgehead atoms. The topological polar surface area (TPSA) is 63.7 Å². The standard InChI is InChI=1S/C9H12ClNO4S2/c1-9(2,3)15-8(12)11(10)17(13,14)7-5-4-6-16-7/h4-6H,1-3H3. The van der Waals surface area contributed by atoms with Crippen LogP contribution in [0.25, 0.3) is 0 Å². The highest BCUT2D eigenvalue weighted by molar-refractivity contribution is 7.92. The number of carbonyl (C=O) groups is 1. The van der Waals surface area contributed by atoms with Crippen molar-refractivity contribution in [3.05, 3.63) is 17.5 Å². The molecule has 17 heavy (non-hydrogen) atoms. The van der Waals surface area contributed by atoms with Crippen molar-refractivity contribution in [2.24, 2.45) is 0 Å². The van der Waals surface area contributed by atoms with Crippen LogP contribution in [0.2, 0.25) is 0 Å². The van der Waals surface area contributed by atoms with Crippen LogP contribution in [0.4, 0.5) is 4.79 Å². The van der Waals surface area contributed by atoms with Gasteiger partial charge in [-0.25, -0.2) is 4.79 Å². The van der Waals surface area contributed by atoms with Gasteiger partial charge in [0.2, 0.25) is 0 Å². The molecule has 0 saturated carbocycles. The summed E-state index contributed by atoms with van der Waals surface area (Å²) in [4.78, 5) is 11.5. The molecule has 1 aromatic rings. The van der Waals surface area contributed by atoms with E-state index in [-0.39, 0.29) is 8.03 Å². The molecule has 0 aromatic carbocycles. The van der Waals surface area contributed by atoms with Gasteiger partial charge in [-0.1, -0.05) is 6.07 Å². The third-order valence-corrected chi connectivity index (χ3v) is 4.98. The summed E-state index contributed by atoms with van der Waals surface area (Å²) in [5, 5.41) is 1.58. The first-order chi connectivity index (χ1) is 7.64. The lowest BCUT2D eigenvalue weighted by Crippen LogP contribution is -2.34. The van der Waals surface area contributed by atoms with E-state index in [0.717, 1.165) is 11.3 Å². The number of rotatable bonds is 2. The van der Waals surface area contributed by atoms with E-state index in [1.165, 1.54) is 6.07 Å². The summed E-state index contributed by atoms with van der Waals surface area (Å²) in [6.07, 6.45) is -1.12. The van der Waals surface area contributed by atoms with Gasteiger partial charge >= 0.3 is 6.09 Å². The molecule has 0 aliphatic heterocycles. The van der Waals surface area contributed by atoms with Crippen molar-refractivity contribution in [1.82, 2.24) is 3.82 Å². The number of hydrogen-bond acceptors (Lipinski definition) is 5. The highest BCUT2D eigenvalue weighted by Crippen LogP contribution is 2.24. The smallest absolute Gasteiger partial charge is 0.439 e. The van der Waals surface area contributed by atoms with Gasteiger partial charge in [0.05, 0.1) is 0 Å². The quantitative estimate of drug-likeness (QED) is 0.787. The van der Waals surface area contributed by atoms with Crippen LogP contribution >= 0.6 is 23.1 Å². The van der Waals surface area contributed by atoms with Gasteiger partial charge in [0.25, 0.3) is 10.0 Å². The van der Waals surface area contributed by atoms with E-state index in [1.54, 1.807) is 32.2 Å². The first-order valence-electron chi connectivity index (χ1n) is 4.62. The second-order valence-corrected chi connectivity index (χ2v) is 7.63. The molecule has 0 saturated heterocycles. The fourth-order valence-electron chi connectivity index (χ4n) is 0.885. The summed E-state index contributed by atoms with van der Waals surface area (Å²) in [5.74, 6) is 0. The minimum Gasteiger partial charge on any atom is -0.442 e. The lowest BCUT2D eigenvalue weighted by Gasteiger charge is -2.22. The monoisotopic (exact) mass is 297 g/mol. The molecule has 1 aromatic heterocycles. The summed E-state index contributed by atoms with van der Waals surface area (Å²) < 4.78 is 28.6. The molecule has 1 amide bonds. The van der Waals surface area contributed by atoms with E-state index >= 15 is 0 Å². The van der Waals surface area contributed by atoms with Gasteiger partial charge in [-0.3, -0.25) is 0 Å². The molecule has 0 aliphatic carbocycles. The molecule has 1 heterocycles. The summed E-state index contributed by atoms with van der Waals surface area (Å²) in [6.45, 7) is 4.86. The Bertz CT molecular complexity index is 490. The first kappa shape index (κ1) is 14.3. The van der Waals surface area contributed by atoms with Crippen LogP contribution in [0.5, 0.6) is 0 Å². The Morgan fingerprint density at radius 2 is 2.06 bits per heavy atom. The fourth-order valence-corrected chi connectivity index (χ4v) is 3.23. The molecule has 0 N–H and O–H groups in total. The Hall–Kier alpha value is -0.790. The van der Waals surface area contributed by atoms with Gasteiger partial charge in [0, 0.05) is 11.8 Å². The van der Waals surface area contributed by atoms with Crippen LogP contribution in [0, 0.1) is 0 Å². The average Bonchev–Trinajstić information content (AvgIpc) is 2.66. The Kier molecular flexibility index (Phi) is 4.06. The van der Waals surface area contributed by atoms with Crippen molar-refractivity contribution in [1.29, 1.82) is 0 Å². The van der Waals surface area contributed by atoms with Gasteiger partial charge in [0.15, 0.2) is 0 Å². The maximum atomic E-state index is 11.8. The first-order valence-corrected chi connectivity index (χ1v) is 7.28. The van der Waals surface area contributed by atoms with Gasteiger partial charge < -0.3 is 4.74 Å². The predicted molar refractivity (Wildman–Crippen MR) is 65.4 cm³/mol. The number of amides is 1. The van der Waals surface area contributed by atoms with E-state index in [4.69, 9.17) is 16.5 Å². The highest BCUT2D eigenvalue weighted by Gasteiger charge is 2.32. The molecule has 0 fully saturated rings. The Morgan fingerprint density at radius 3 is 2.47 bits per heavy atom. The molecule has 1 rings (SSSR count). The Labute approximate surface area is 109 Å². The van der Waals surface area contributed by atoms with Crippen molar-refractivity contribution >= 4 is 39.2 Å². The zero-order valence-corrected chi connectivity index (χ0v) is 11.9. The normalized spacial score (nSPS) is 12.2. The number of nitrogens with zero attached hydrogens (tertiary/aromatic N) is 1. The van der Waals surface area contributed by atoms with Crippen LogP contribution in [-0.4, -0.2) is 23.9 Å². The molecule has 96 valence electrons. The van der Waals surface area contributed by atoms with E-state index in [2.05, 4.69) is 0 Å². The second-order valence-electron chi connectivity index (χ2n) is 4.13. The van der Waals surface area contributed by atoms with E-state index in [0.29, 0.717) is 0 Å². The number of sulfonamides is 1. The molecular formula is C9H12ClNO4S2. The van der Waals surface area contributed by atoms with Gasteiger partial charge in [-0.05, 0) is 32.2 Å².